The summed E-state index contributed by atoms with van der Waals surface area (Å²) < 4.78 is 6.29. The molecule has 1 aromatic carbocycles. The van der Waals surface area contributed by atoms with Crippen molar-refractivity contribution in [3.8, 4) is 6.07 Å². The molecule has 1 aliphatic carbocycles. The van der Waals surface area contributed by atoms with Crippen molar-refractivity contribution in [1.29, 1.82) is 5.26 Å². The Hall–Kier alpha value is -0.500. The molecule has 0 aromatic heterocycles. The molecule has 3 rings (SSSR count). The number of nitriles is 1. The zero-order valence-electron chi connectivity index (χ0n) is 10.7. The van der Waals surface area contributed by atoms with Crippen molar-refractivity contribution in [2.75, 3.05) is 13.2 Å². The van der Waals surface area contributed by atoms with Crippen LogP contribution in [0.4, 0.5) is 0 Å². The Morgan fingerprint density at radius 3 is 2.63 bits per heavy atom. The lowest BCUT2D eigenvalue weighted by Crippen LogP contribution is -2.51. The number of halogens is 1. The van der Waals surface area contributed by atoms with E-state index in [4.69, 9.17) is 4.74 Å². The summed E-state index contributed by atoms with van der Waals surface area (Å²) in [4.78, 5) is 1.18. The lowest BCUT2D eigenvalue weighted by Gasteiger charge is -2.54. The van der Waals surface area contributed by atoms with E-state index in [1.54, 1.807) is 11.8 Å². The number of hydrogen-bond donors (Lipinski definition) is 0. The molecule has 0 unspecified atom stereocenters. The van der Waals surface area contributed by atoms with Gasteiger partial charge in [-0.2, -0.15) is 5.26 Å². The molecule has 1 saturated heterocycles. The van der Waals surface area contributed by atoms with Gasteiger partial charge in [0.2, 0.25) is 0 Å². The lowest BCUT2D eigenvalue weighted by atomic mass is 9.58. The van der Waals surface area contributed by atoms with E-state index in [0.29, 0.717) is 5.41 Å². The van der Waals surface area contributed by atoms with Gasteiger partial charge in [-0.3, -0.25) is 0 Å². The Labute approximate surface area is 126 Å². The van der Waals surface area contributed by atoms with Crippen molar-refractivity contribution in [2.45, 2.75) is 35.3 Å². The Balaban J connectivity index is 1.71. The first kappa shape index (κ1) is 13.5. The second-order valence-corrected chi connectivity index (χ2v) is 8.00. The second-order valence-electron chi connectivity index (χ2n) is 5.63. The third kappa shape index (κ3) is 2.69. The van der Waals surface area contributed by atoms with Crippen LogP contribution in [0.3, 0.4) is 0 Å². The SMILES string of the molecule is N#CC1(Sc2cccc(Br)c2)CC2(CCOCC2)C1. The third-order valence-corrected chi connectivity index (χ3v) is 5.94. The van der Waals surface area contributed by atoms with E-state index in [9.17, 15) is 5.26 Å². The number of ether oxygens (including phenoxy) is 1. The van der Waals surface area contributed by atoms with Crippen LogP contribution in [0.5, 0.6) is 0 Å². The number of rotatable bonds is 2. The van der Waals surface area contributed by atoms with E-state index < -0.39 is 0 Å². The predicted octanol–water partition coefficient (Wildman–Crippen LogP) is 4.39. The van der Waals surface area contributed by atoms with E-state index in [0.717, 1.165) is 43.4 Å². The molecule has 4 heteroatoms. The van der Waals surface area contributed by atoms with Crippen molar-refractivity contribution in [2.24, 2.45) is 5.41 Å². The van der Waals surface area contributed by atoms with Crippen LogP contribution in [0, 0.1) is 16.7 Å². The molecule has 1 aromatic rings. The Kier molecular flexibility index (Phi) is 3.63. The maximum absolute atomic E-state index is 9.57. The molecule has 0 amide bonds. The molecule has 1 saturated carbocycles. The summed E-state index contributed by atoms with van der Waals surface area (Å²) >= 11 is 5.22. The average molecular weight is 338 g/mol. The first-order valence-electron chi connectivity index (χ1n) is 6.59. The number of hydrogen-bond acceptors (Lipinski definition) is 3. The van der Waals surface area contributed by atoms with Gasteiger partial charge in [0.25, 0.3) is 0 Å². The first-order chi connectivity index (χ1) is 9.15. The van der Waals surface area contributed by atoms with Gasteiger partial charge in [-0.25, -0.2) is 0 Å². The van der Waals surface area contributed by atoms with Gasteiger partial charge in [0.1, 0.15) is 4.75 Å². The molecule has 100 valence electrons. The van der Waals surface area contributed by atoms with Crippen LogP contribution in [0.2, 0.25) is 0 Å². The van der Waals surface area contributed by atoms with E-state index >= 15 is 0 Å². The summed E-state index contributed by atoms with van der Waals surface area (Å²) in [5, 5.41) is 9.57. The minimum atomic E-state index is -0.224. The minimum absolute atomic E-state index is 0.224. The van der Waals surface area contributed by atoms with Gasteiger partial charge in [-0.05, 0) is 49.3 Å². The highest BCUT2D eigenvalue weighted by molar-refractivity contribution is 9.10. The summed E-state index contributed by atoms with van der Waals surface area (Å²) in [6.45, 7) is 1.73. The van der Waals surface area contributed by atoms with E-state index in [1.165, 1.54) is 4.90 Å². The summed E-state index contributed by atoms with van der Waals surface area (Å²) in [6.07, 6.45) is 4.26. The molecule has 19 heavy (non-hydrogen) atoms. The average Bonchev–Trinajstić information content (AvgIpc) is 2.38. The van der Waals surface area contributed by atoms with Crippen molar-refractivity contribution in [3.05, 3.63) is 28.7 Å². The summed E-state index contributed by atoms with van der Waals surface area (Å²) in [5.41, 5.74) is 0.382. The molecule has 2 fully saturated rings. The van der Waals surface area contributed by atoms with E-state index in [-0.39, 0.29) is 4.75 Å². The van der Waals surface area contributed by atoms with E-state index in [2.05, 4.69) is 34.1 Å². The highest BCUT2D eigenvalue weighted by Crippen LogP contribution is 2.61. The van der Waals surface area contributed by atoms with Crippen LogP contribution < -0.4 is 0 Å². The van der Waals surface area contributed by atoms with Crippen molar-refractivity contribution in [3.63, 3.8) is 0 Å². The monoisotopic (exact) mass is 337 g/mol. The molecule has 1 heterocycles. The van der Waals surface area contributed by atoms with Crippen LogP contribution in [0.15, 0.2) is 33.6 Å². The molecule has 1 aliphatic heterocycles. The summed E-state index contributed by atoms with van der Waals surface area (Å²) in [5.74, 6) is 0. The molecule has 0 atom stereocenters. The fraction of sp³-hybridized carbons (Fsp3) is 0.533. The Morgan fingerprint density at radius 1 is 1.26 bits per heavy atom. The lowest BCUT2D eigenvalue weighted by molar-refractivity contribution is -0.0364. The molecular weight excluding hydrogens is 322 g/mol. The Bertz CT molecular complexity index is 511. The molecule has 2 aliphatic rings. The van der Waals surface area contributed by atoms with Crippen LogP contribution in [-0.4, -0.2) is 18.0 Å². The second kappa shape index (κ2) is 5.12. The molecule has 0 N–H and O–H groups in total. The zero-order chi connectivity index (χ0) is 13.3. The maximum atomic E-state index is 9.57. The van der Waals surface area contributed by atoms with Gasteiger partial charge in [0, 0.05) is 22.6 Å². The van der Waals surface area contributed by atoms with Gasteiger partial charge in [-0.15, -0.1) is 11.8 Å². The number of thioether (sulfide) groups is 1. The van der Waals surface area contributed by atoms with Crippen LogP contribution in [0.1, 0.15) is 25.7 Å². The summed E-state index contributed by atoms with van der Waals surface area (Å²) in [6, 6.07) is 10.8. The zero-order valence-corrected chi connectivity index (χ0v) is 13.1. The predicted molar refractivity (Wildman–Crippen MR) is 80.1 cm³/mol. The maximum Gasteiger partial charge on any atom is 0.108 e. The number of benzene rings is 1. The summed E-state index contributed by atoms with van der Waals surface area (Å²) in [7, 11) is 0. The molecule has 1 spiro atoms. The van der Waals surface area contributed by atoms with Gasteiger partial charge in [0.15, 0.2) is 0 Å². The topological polar surface area (TPSA) is 33.0 Å². The minimum Gasteiger partial charge on any atom is -0.381 e. The van der Waals surface area contributed by atoms with Crippen molar-refractivity contribution >= 4 is 27.7 Å². The van der Waals surface area contributed by atoms with Crippen molar-refractivity contribution in [1.82, 2.24) is 0 Å². The normalized spacial score (nSPS) is 23.6. The number of nitrogens with zero attached hydrogens (tertiary/aromatic N) is 1. The van der Waals surface area contributed by atoms with Gasteiger partial charge in [0.05, 0.1) is 6.07 Å². The third-order valence-electron chi connectivity index (χ3n) is 4.19. The highest BCUT2D eigenvalue weighted by Gasteiger charge is 2.55. The molecule has 0 bridgehead atoms. The smallest absolute Gasteiger partial charge is 0.108 e. The van der Waals surface area contributed by atoms with E-state index in [1.807, 2.05) is 12.1 Å². The highest BCUT2D eigenvalue weighted by atomic mass is 79.9. The largest absolute Gasteiger partial charge is 0.381 e. The fourth-order valence-corrected chi connectivity index (χ4v) is 5.38. The van der Waals surface area contributed by atoms with Crippen LogP contribution in [0.25, 0.3) is 0 Å². The standard InChI is InChI=1S/C15H16BrNOS/c16-12-2-1-3-13(8-12)19-15(11-17)9-14(10-15)4-6-18-7-5-14/h1-3,8H,4-7,9-10H2. The molecular formula is C15H16BrNOS. The van der Waals surface area contributed by atoms with Gasteiger partial charge in [-0.1, -0.05) is 22.0 Å². The first-order valence-corrected chi connectivity index (χ1v) is 8.20. The molecule has 0 radical (unpaired) electrons. The van der Waals surface area contributed by atoms with Crippen molar-refractivity contribution < 1.29 is 4.74 Å². The van der Waals surface area contributed by atoms with Crippen LogP contribution >= 0.6 is 27.7 Å². The van der Waals surface area contributed by atoms with Crippen LogP contribution in [-0.2, 0) is 4.74 Å². The van der Waals surface area contributed by atoms with Gasteiger partial charge < -0.3 is 4.74 Å². The van der Waals surface area contributed by atoms with Gasteiger partial charge >= 0.3 is 0 Å². The fourth-order valence-electron chi connectivity index (χ4n) is 3.25. The quantitative estimate of drug-likeness (QED) is 0.802. The Morgan fingerprint density at radius 2 is 2.00 bits per heavy atom. The molecule has 2 nitrogen and oxygen atoms in total.